The van der Waals surface area contributed by atoms with E-state index >= 15 is 0 Å². The minimum absolute atomic E-state index is 0.0156. The molecule has 122 valence electrons. The number of amides is 1. The first-order chi connectivity index (χ1) is 11.1. The van der Waals surface area contributed by atoms with Crippen LogP contribution in [0, 0.1) is 11.6 Å². The van der Waals surface area contributed by atoms with E-state index in [4.69, 9.17) is 0 Å². The molecule has 0 saturated heterocycles. The third-order valence-electron chi connectivity index (χ3n) is 3.04. The van der Waals surface area contributed by atoms with Crippen LogP contribution in [0.5, 0.6) is 5.75 Å². The first-order valence-electron chi connectivity index (χ1n) is 6.91. The number of halogens is 2. The van der Waals surface area contributed by atoms with Gasteiger partial charge in [-0.1, -0.05) is 6.07 Å². The first-order valence-corrected chi connectivity index (χ1v) is 6.91. The molecule has 0 atom stereocenters. The Morgan fingerprint density at radius 3 is 2.52 bits per heavy atom. The smallest absolute Gasteiger partial charge is 0.254 e. The van der Waals surface area contributed by atoms with E-state index in [2.05, 4.69) is 25.3 Å². The summed E-state index contributed by atoms with van der Waals surface area (Å²) in [6, 6.07) is 2.65. The minimum atomic E-state index is -1.09. The van der Waals surface area contributed by atoms with E-state index in [1.807, 2.05) is 6.92 Å². The largest absolute Gasteiger partial charge is 0.494 e. The molecule has 0 spiro atoms. The molecule has 0 aliphatic rings. The second kappa shape index (κ2) is 7.48. The predicted octanol–water partition coefficient (Wildman–Crippen LogP) is 2.13. The van der Waals surface area contributed by atoms with Gasteiger partial charge in [-0.15, -0.1) is 0 Å². The maximum absolute atomic E-state index is 13.8. The molecule has 23 heavy (non-hydrogen) atoms. The zero-order chi connectivity index (χ0) is 16.8. The summed E-state index contributed by atoms with van der Waals surface area (Å²) in [6.07, 6.45) is 2.70. The van der Waals surface area contributed by atoms with Crippen molar-refractivity contribution < 1.29 is 18.3 Å². The summed E-state index contributed by atoms with van der Waals surface area (Å²) in [4.78, 5) is 19.9. The molecule has 1 aromatic carbocycles. The Labute approximate surface area is 131 Å². The highest BCUT2D eigenvalue weighted by Crippen LogP contribution is 2.22. The summed E-state index contributed by atoms with van der Waals surface area (Å²) in [5.74, 6) is -2.40. The van der Waals surface area contributed by atoms with Crippen LogP contribution in [-0.2, 0) is 6.54 Å². The number of carbonyl (C=O) groups excluding carboxylic acids is 1. The van der Waals surface area contributed by atoms with Crippen LogP contribution in [0.3, 0.4) is 0 Å². The van der Waals surface area contributed by atoms with Crippen LogP contribution in [0.4, 0.5) is 14.7 Å². The number of rotatable bonds is 6. The molecule has 6 nitrogen and oxygen atoms in total. The van der Waals surface area contributed by atoms with Crippen LogP contribution in [-0.4, -0.2) is 29.5 Å². The van der Waals surface area contributed by atoms with Gasteiger partial charge in [0.25, 0.3) is 5.91 Å². The van der Waals surface area contributed by atoms with Crippen LogP contribution < -0.4 is 15.4 Å². The average molecular weight is 322 g/mol. The molecule has 8 heteroatoms. The second-order valence-electron chi connectivity index (χ2n) is 4.56. The molecule has 2 rings (SSSR count). The third kappa shape index (κ3) is 3.91. The number of nitrogens with zero attached hydrogens (tertiary/aromatic N) is 2. The Bertz CT molecular complexity index is 693. The lowest BCUT2D eigenvalue weighted by atomic mass is 10.2. The zero-order valence-electron chi connectivity index (χ0n) is 12.7. The van der Waals surface area contributed by atoms with Crippen molar-refractivity contribution in [3.8, 4) is 5.75 Å². The molecule has 1 heterocycles. The number of ether oxygens (including phenoxy) is 1. The van der Waals surface area contributed by atoms with E-state index in [9.17, 15) is 13.6 Å². The van der Waals surface area contributed by atoms with Gasteiger partial charge in [0.15, 0.2) is 11.6 Å². The number of hydrogen-bond donors (Lipinski definition) is 2. The fraction of sp³-hybridized carbons (Fsp3) is 0.267. The van der Waals surface area contributed by atoms with Gasteiger partial charge >= 0.3 is 0 Å². The molecule has 0 radical (unpaired) electrons. The molecule has 2 aromatic rings. The lowest BCUT2D eigenvalue weighted by molar-refractivity contribution is 0.0949. The normalized spacial score (nSPS) is 10.3. The first kappa shape index (κ1) is 16.6. The van der Waals surface area contributed by atoms with Crippen LogP contribution in [0.15, 0.2) is 24.5 Å². The maximum atomic E-state index is 13.8. The lowest BCUT2D eigenvalue weighted by Crippen LogP contribution is -2.24. The summed E-state index contributed by atoms with van der Waals surface area (Å²) < 4.78 is 32.1. The molecule has 0 aliphatic carbocycles. The van der Waals surface area contributed by atoms with Gasteiger partial charge in [0.05, 0.1) is 12.7 Å². The lowest BCUT2D eigenvalue weighted by Gasteiger charge is -2.09. The molecular formula is C15H16F2N4O2. The van der Waals surface area contributed by atoms with E-state index in [-0.39, 0.29) is 23.4 Å². The number of nitrogens with one attached hydrogen (secondary N) is 2. The highest BCUT2D eigenvalue weighted by molar-refractivity contribution is 5.93. The number of anilines is 1. The van der Waals surface area contributed by atoms with Crippen LogP contribution in [0.1, 0.15) is 22.8 Å². The van der Waals surface area contributed by atoms with Crippen molar-refractivity contribution in [2.24, 2.45) is 0 Å². The van der Waals surface area contributed by atoms with Crippen molar-refractivity contribution in [3.05, 3.63) is 47.3 Å². The Morgan fingerprint density at radius 2 is 1.91 bits per heavy atom. The van der Waals surface area contributed by atoms with Crippen molar-refractivity contribution in [1.82, 2.24) is 15.3 Å². The third-order valence-corrected chi connectivity index (χ3v) is 3.04. The summed E-state index contributed by atoms with van der Waals surface area (Å²) >= 11 is 0. The van der Waals surface area contributed by atoms with Crippen LogP contribution in [0.25, 0.3) is 0 Å². The van der Waals surface area contributed by atoms with E-state index in [1.54, 1.807) is 0 Å². The van der Waals surface area contributed by atoms with E-state index < -0.39 is 17.5 Å². The highest BCUT2D eigenvalue weighted by atomic mass is 19.2. The van der Waals surface area contributed by atoms with Gasteiger partial charge in [0, 0.05) is 31.0 Å². The molecular weight excluding hydrogens is 306 g/mol. The van der Waals surface area contributed by atoms with Gasteiger partial charge in [0.1, 0.15) is 0 Å². The Morgan fingerprint density at radius 1 is 1.22 bits per heavy atom. The van der Waals surface area contributed by atoms with Crippen LogP contribution >= 0.6 is 0 Å². The SMILES string of the molecule is CCNc1ncc(C(=O)NCc2ccc(OC)c(F)c2F)cn1. The monoisotopic (exact) mass is 322 g/mol. The quantitative estimate of drug-likeness (QED) is 0.852. The number of methoxy groups -OCH3 is 1. The molecule has 0 fully saturated rings. The van der Waals surface area contributed by atoms with E-state index in [0.29, 0.717) is 12.5 Å². The summed E-state index contributed by atoms with van der Waals surface area (Å²) in [5.41, 5.74) is 0.239. The van der Waals surface area contributed by atoms with Gasteiger partial charge in [0.2, 0.25) is 11.8 Å². The van der Waals surface area contributed by atoms with Gasteiger partial charge in [-0.25, -0.2) is 14.4 Å². The summed E-state index contributed by atoms with van der Waals surface area (Å²) in [5, 5.41) is 5.38. The zero-order valence-corrected chi connectivity index (χ0v) is 12.7. The molecule has 0 aliphatic heterocycles. The molecule has 0 unspecified atom stereocenters. The number of carbonyl (C=O) groups is 1. The van der Waals surface area contributed by atoms with Gasteiger partial charge in [-0.05, 0) is 13.0 Å². The maximum Gasteiger partial charge on any atom is 0.254 e. The summed E-state index contributed by atoms with van der Waals surface area (Å²) in [7, 11) is 1.25. The van der Waals surface area contributed by atoms with E-state index in [0.717, 1.165) is 0 Å². The Balaban J connectivity index is 2.03. The Hall–Kier alpha value is -2.77. The topological polar surface area (TPSA) is 76.1 Å². The second-order valence-corrected chi connectivity index (χ2v) is 4.56. The summed E-state index contributed by atoms with van der Waals surface area (Å²) in [6.45, 7) is 2.39. The molecule has 0 saturated carbocycles. The van der Waals surface area contributed by atoms with Crippen molar-refractivity contribution >= 4 is 11.9 Å². The Kier molecular flexibility index (Phi) is 5.40. The van der Waals surface area contributed by atoms with Crippen molar-refractivity contribution in [1.29, 1.82) is 0 Å². The van der Waals surface area contributed by atoms with E-state index in [1.165, 1.54) is 31.6 Å². The van der Waals surface area contributed by atoms with Crippen molar-refractivity contribution in [3.63, 3.8) is 0 Å². The minimum Gasteiger partial charge on any atom is -0.494 e. The fourth-order valence-electron chi connectivity index (χ4n) is 1.84. The molecule has 1 aromatic heterocycles. The molecule has 1 amide bonds. The average Bonchev–Trinajstić information content (AvgIpc) is 2.57. The molecule has 0 bridgehead atoms. The standard InChI is InChI=1S/C15H16F2N4O2/c1-3-18-15-20-7-10(8-21-15)14(22)19-6-9-4-5-11(23-2)13(17)12(9)16/h4-5,7-8H,3,6H2,1-2H3,(H,19,22)(H,18,20,21). The highest BCUT2D eigenvalue weighted by Gasteiger charge is 2.15. The van der Waals surface area contributed by atoms with Crippen LogP contribution in [0.2, 0.25) is 0 Å². The fourth-order valence-corrected chi connectivity index (χ4v) is 1.84. The number of benzene rings is 1. The van der Waals surface area contributed by atoms with Crippen molar-refractivity contribution in [2.75, 3.05) is 19.0 Å². The van der Waals surface area contributed by atoms with Gasteiger partial charge in [-0.2, -0.15) is 4.39 Å². The van der Waals surface area contributed by atoms with Crippen molar-refractivity contribution in [2.45, 2.75) is 13.5 Å². The number of aromatic nitrogens is 2. The van der Waals surface area contributed by atoms with Gasteiger partial charge in [-0.3, -0.25) is 4.79 Å². The predicted molar refractivity (Wildman–Crippen MR) is 80.3 cm³/mol. The molecule has 2 N–H and O–H groups in total. The van der Waals surface area contributed by atoms with Gasteiger partial charge < -0.3 is 15.4 Å². The number of hydrogen-bond acceptors (Lipinski definition) is 5.